The topological polar surface area (TPSA) is 119 Å². The number of hydrogen-bond acceptors (Lipinski definition) is 4. The molecule has 0 radical (unpaired) electrons. The summed E-state index contributed by atoms with van der Waals surface area (Å²) < 4.78 is 36.9. The zero-order valence-corrected chi connectivity index (χ0v) is 20.6. The van der Waals surface area contributed by atoms with Crippen molar-refractivity contribution in [2.24, 2.45) is 4.99 Å². The first-order valence-electron chi connectivity index (χ1n) is 11.4. The number of hydrogen-bond donors (Lipinski definition) is 4. The fourth-order valence-electron chi connectivity index (χ4n) is 4.34. The average molecular weight is 515 g/mol. The van der Waals surface area contributed by atoms with Crippen molar-refractivity contribution < 1.29 is 13.2 Å². The Labute approximate surface area is 214 Å². The number of fused-ring (bicyclic) bond motifs is 1. The molecule has 0 amide bonds. The van der Waals surface area contributed by atoms with E-state index in [-0.39, 0.29) is 6.54 Å². The van der Waals surface area contributed by atoms with Gasteiger partial charge >= 0.3 is 0 Å². The number of H-pyrrole nitrogens is 2. The second-order valence-corrected chi connectivity index (χ2v) is 9.06. The molecule has 0 saturated carbocycles. The van der Waals surface area contributed by atoms with E-state index in [0.717, 1.165) is 39.0 Å². The van der Waals surface area contributed by atoms with Crippen molar-refractivity contribution in [1.82, 2.24) is 24.9 Å². The predicted octanol–water partition coefficient (Wildman–Crippen LogP) is 5.77. The van der Waals surface area contributed by atoms with Gasteiger partial charge in [-0.1, -0.05) is 18.2 Å². The summed E-state index contributed by atoms with van der Waals surface area (Å²) in [4.78, 5) is 11.9. The van der Waals surface area contributed by atoms with Crippen LogP contribution in [-0.4, -0.2) is 35.6 Å². The van der Waals surface area contributed by atoms with E-state index in [2.05, 4.69) is 36.6 Å². The smallest absolute Gasteiger partial charge is 0.232 e. The van der Waals surface area contributed by atoms with Crippen molar-refractivity contribution >= 4 is 40.3 Å². The zero-order chi connectivity index (χ0) is 25.9. The van der Waals surface area contributed by atoms with Gasteiger partial charge in [-0.25, -0.2) is 18.3 Å². The molecule has 0 aliphatic heterocycles. The SMILES string of the molecule is C=Nc1[nH]c(-c2n[nH]c3ccc(-c4ccccn4)cc23)cc1/C(=C\C)c1cc(F)cc(CNS(=O)O)c1. The minimum absolute atomic E-state index is 0.0354. The van der Waals surface area contributed by atoms with E-state index >= 15 is 0 Å². The van der Waals surface area contributed by atoms with Crippen LogP contribution in [0.3, 0.4) is 0 Å². The number of aromatic amines is 2. The van der Waals surface area contributed by atoms with Gasteiger partial charge in [-0.3, -0.25) is 14.6 Å². The summed E-state index contributed by atoms with van der Waals surface area (Å²) in [5.74, 6) is 0.0575. The molecule has 2 aromatic carbocycles. The van der Waals surface area contributed by atoms with Gasteiger partial charge in [0.2, 0.25) is 11.3 Å². The third kappa shape index (κ3) is 5.03. The Morgan fingerprint density at radius 3 is 2.81 bits per heavy atom. The van der Waals surface area contributed by atoms with Gasteiger partial charge in [-0.05, 0) is 78.9 Å². The lowest BCUT2D eigenvalue weighted by Gasteiger charge is -2.10. The Kier molecular flexibility index (Phi) is 6.87. The molecule has 5 aromatic rings. The molecule has 10 heteroatoms. The number of benzene rings is 2. The molecule has 4 N–H and O–H groups in total. The normalized spacial score (nSPS) is 12.7. The summed E-state index contributed by atoms with van der Waals surface area (Å²) in [5.41, 5.74) is 6.68. The highest BCUT2D eigenvalue weighted by Crippen LogP contribution is 2.37. The van der Waals surface area contributed by atoms with Gasteiger partial charge < -0.3 is 4.98 Å². The summed E-state index contributed by atoms with van der Waals surface area (Å²) >= 11 is -2.20. The highest BCUT2D eigenvalue weighted by molar-refractivity contribution is 7.77. The lowest BCUT2D eigenvalue weighted by molar-refractivity contribution is 0.548. The molecule has 8 nitrogen and oxygen atoms in total. The summed E-state index contributed by atoms with van der Waals surface area (Å²) in [6.45, 7) is 5.59. The van der Waals surface area contributed by atoms with E-state index in [4.69, 9.17) is 4.55 Å². The molecule has 0 aliphatic carbocycles. The Balaban J connectivity index is 1.57. The number of aliphatic imine (C=N–C) groups is 1. The molecular weight excluding hydrogens is 491 g/mol. The maximum atomic E-state index is 14.5. The Morgan fingerprint density at radius 1 is 1.22 bits per heavy atom. The summed E-state index contributed by atoms with van der Waals surface area (Å²) in [7, 11) is 0. The van der Waals surface area contributed by atoms with Crippen LogP contribution in [0.25, 0.3) is 39.1 Å². The van der Waals surface area contributed by atoms with Crippen molar-refractivity contribution in [2.75, 3.05) is 0 Å². The summed E-state index contributed by atoms with van der Waals surface area (Å²) in [6, 6.07) is 18.2. The van der Waals surface area contributed by atoms with Crippen LogP contribution in [0.5, 0.6) is 0 Å². The monoisotopic (exact) mass is 514 g/mol. The fraction of sp³-hybridized carbons (Fsp3) is 0.0741. The zero-order valence-electron chi connectivity index (χ0n) is 19.8. The molecule has 37 heavy (non-hydrogen) atoms. The first kappa shape index (κ1) is 24.4. The third-order valence-corrected chi connectivity index (χ3v) is 6.37. The molecular formula is C27H23FN6O2S. The standard InChI is InChI=1S/C27H23FN6O2S/c1-3-20(18-10-16(11-19(28)12-18)15-31-37(35)36)21-14-25(32-27(21)29-2)26-22-13-17(7-8-24(22)33-34-26)23-6-4-5-9-30-23/h3-14,31-32H,2,15H2,1H3,(H,33,34)(H,35,36)/b20-3-. The number of nitrogens with zero attached hydrogens (tertiary/aromatic N) is 3. The molecule has 0 spiro atoms. The number of nitrogens with one attached hydrogen (secondary N) is 3. The van der Waals surface area contributed by atoms with Gasteiger partial charge in [0.1, 0.15) is 17.3 Å². The van der Waals surface area contributed by atoms with E-state index in [9.17, 15) is 8.60 Å². The van der Waals surface area contributed by atoms with Crippen LogP contribution in [-0.2, 0) is 17.8 Å². The molecule has 186 valence electrons. The van der Waals surface area contributed by atoms with Crippen molar-refractivity contribution in [1.29, 1.82) is 0 Å². The van der Waals surface area contributed by atoms with Crippen LogP contribution in [0, 0.1) is 5.82 Å². The lowest BCUT2D eigenvalue weighted by Crippen LogP contribution is -2.15. The van der Waals surface area contributed by atoms with E-state index in [1.54, 1.807) is 12.3 Å². The van der Waals surface area contributed by atoms with Crippen LogP contribution >= 0.6 is 0 Å². The summed E-state index contributed by atoms with van der Waals surface area (Å²) in [5, 5.41) is 8.52. The van der Waals surface area contributed by atoms with Crippen LogP contribution in [0.4, 0.5) is 10.2 Å². The van der Waals surface area contributed by atoms with Crippen molar-refractivity contribution in [3.63, 3.8) is 0 Å². The van der Waals surface area contributed by atoms with Crippen molar-refractivity contribution in [3.05, 3.63) is 95.4 Å². The van der Waals surface area contributed by atoms with Gasteiger partial charge in [0.15, 0.2) is 0 Å². The minimum Gasteiger partial charge on any atom is -0.338 e. The highest BCUT2D eigenvalue weighted by Gasteiger charge is 2.18. The van der Waals surface area contributed by atoms with E-state index in [0.29, 0.717) is 22.6 Å². The fourth-order valence-corrected chi connectivity index (χ4v) is 4.63. The molecule has 0 fully saturated rings. The van der Waals surface area contributed by atoms with Gasteiger partial charge in [0, 0.05) is 29.3 Å². The van der Waals surface area contributed by atoms with E-state index < -0.39 is 17.1 Å². The molecule has 0 aliphatic rings. The summed E-state index contributed by atoms with van der Waals surface area (Å²) in [6.07, 6.45) is 3.62. The second kappa shape index (κ2) is 10.4. The van der Waals surface area contributed by atoms with Crippen LogP contribution in [0.2, 0.25) is 0 Å². The number of rotatable bonds is 8. The van der Waals surface area contributed by atoms with Gasteiger partial charge in [-0.15, -0.1) is 0 Å². The number of pyridine rings is 1. The molecule has 0 bridgehead atoms. The predicted molar refractivity (Wildman–Crippen MR) is 145 cm³/mol. The number of halogens is 1. The lowest BCUT2D eigenvalue weighted by atomic mass is 9.96. The highest BCUT2D eigenvalue weighted by atomic mass is 32.2. The van der Waals surface area contributed by atoms with Crippen LogP contribution < -0.4 is 4.72 Å². The quantitative estimate of drug-likeness (QED) is 0.155. The van der Waals surface area contributed by atoms with E-state index in [1.165, 1.54) is 12.1 Å². The maximum absolute atomic E-state index is 14.5. The molecule has 3 heterocycles. The first-order valence-corrected chi connectivity index (χ1v) is 12.5. The van der Waals surface area contributed by atoms with Crippen LogP contribution in [0.15, 0.2) is 77.9 Å². The molecule has 1 atom stereocenters. The van der Waals surface area contributed by atoms with Crippen molar-refractivity contribution in [2.45, 2.75) is 13.5 Å². The first-order chi connectivity index (χ1) is 18.0. The number of aromatic nitrogens is 4. The third-order valence-electron chi connectivity index (χ3n) is 5.98. The second-order valence-electron chi connectivity index (χ2n) is 8.27. The van der Waals surface area contributed by atoms with Crippen LogP contribution in [0.1, 0.15) is 23.6 Å². The van der Waals surface area contributed by atoms with E-state index in [1.807, 2.05) is 55.5 Å². The molecule has 5 rings (SSSR count). The Hall–Kier alpha value is -4.25. The maximum Gasteiger partial charge on any atom is 0.232 e. The Bertz CT molecular complexity index is 1660. The van der Waals surface area contributed by atoms with Gasteiger partial charge in [-0.2, -0.15) is 5.10 Å². The number of allylic oxidation sites excluding steroid dienone is 1. The average Bonchev–Trinajstić information content (AvgIpc) is 3.52. The Morgan fingerprint density at radius 2 is 2.08 bits per heavy atom. The van der Waals surface area contributed by atoms with Crippen molar-refractivity contribution in [3.8, 4) is 22.6 Å². The molecule has 3 aromatic heterocycles. The van der Waals surface area contributed by atoms with Gasteiger partial charge in [0.25, 0.3) is 0 Å². The minimum atomic E-state index is -2.20. The molecule has 1 unspecified atom stereocenters. The van der Waals surface area contributed by atoms with Gasteiger partial charge in [0.05, 0.1) is 16.9 Å². The largest absolute Gasteiger partial charge is 0.338 e. The molecule has 0 saturated heterocycles.